The second-order valence-corrected chi connectivity index (χ2v) is 6.77. The second-order valence-electron chi connectivity index (χ2n) is 6.77. The monoisotopic (exact) mass is 432 g/mol. The van der Waals surface area contributed by atoms with Gasteiger partial charge in [-0.2, -0.15) is 0 Å². The van der Waals surface area contributed by atoms with Gasteiger partial charge in [0.2, 0.25) is 0 Å². The summed E-state index contributed by atoms with van der Waals surface area (Å²) in [4.78, 5) is 58.1. The molecule has 2 aliphatic heterocycles. The standard InChI is InChI=1S/C18H24O12/c1-8(19)24-7-14(26-9(2)20)18-17(29-12(5)23)16(28-11(4)22)15(27-10(3)21)13(30-18)6-25-18/h13-17H,6-7H2,1-5H3/t13-,14+,15+,16+,17-,18-/m0/s1. The van der Waals surface area contributed by atoms with Crippen LogP contribution in [0, 0.1) is 0 Å². The normalized spacial score (nSPS) is 30.6. The smallest absolute Gasteiger partial charge is 0.303 e. The van der Waals surface area contributed by atoms with E-state index in [0.29, 0.717) is 0 Å². The number of carbonyl (C=O) groups is 5. The van der Waals surface area contributed by atoms with E-state index in [1.54, 1.807) is 0 Å². The molecule has 168 valence electrons. The summed E-state index contributed by atoms with van der Waals surface area (Å²) >= 11 is 0. The Morgan fingerprint density at radius 2 is 1.40 bits per heavy atom. The topological polar surface area (TPSA) is 150 Å². The Morgan fingerprint density at radius 1 is 0.833 bits per heavy atom. The van der Waals surface area contributed by atoms with Crippen LogP contribution in [0.2, 0.25) is 0 Å². The van der Waals surface area contributed by atoms with Gasteiger partial charge < -0.3 is 33.2 Å². The maximum atomic E-state index is 11.8. The first kappa shape index (κ1) is 23.5. The molecule has 2 rings (SSSR count). The molecule has 2 saturated heterocycles. The second kappa shape index (κ2) is 9.39. The number of fused-ring (bicyclic) bond motifs is 2. The van der Waals surface area contributed by atoms with Gasteiger partial charge in [-0.05, 0) is 0 Å². The fraction of sp³-hybridized carbons (Fsp3) is 0.722. The Bertz CT molecular complexity index is 718. The van der Waals surface area contributed by atoms with Crippen LogP contribution in [0.25, 0.3) is 0 Å². The van der Waals surface area contributed by atoms with Crippen molar-refractivity contribution in [3.63, 3.8) is 0 Å². The predicted octanol–water partition coefficient (Wildman–Crippen LogP) is -0.598. The average molecular weight is 432 g/mol. The van der Waals surface area contributed by atoms with Crippen LogP contribution in [0.15, 0.2) is 0 Å². The van der Waals surface area contributed by atoms with Crippen LogP contribution in [0.5, 0.6) is 0 Å². The summed E-state index contributed by atoms with van der Waals surface area (Å²) in [6, 6.07) is 0. The first-order valence-electron chi connectivity index (χ1n) is 9.10. The maximum Gasteiger partial charge on any atom is 0.303 e. The van der Waals surface area contributed by atoms with Gasteiger partial charge in [-0.3, -0.25) is 24.0 Å². The van der Waals surface area contributed by atoms with Gasteiger partial charge in [0.25, 0.3) is 5.79 Å². The van der Waals surface area contributed by atoms with Gasteiger partial charge in [0.05, 0.1) is 6.61 Å². The highest BCUT2D eigenvalue weighted by molar-refractivity contribution is 5.69. The van der Waals surface area contributed by atoms with Crippen molar-refractivity contribution in [3.8, 4) is 0 Å². The SMILES string of the molecule is CC(=O)OC[C@@H](OC(C)=O)[C@]12OC[C@H](O1)[C@@H](OC(C)=O)[C@@H](OC(C)=O)[C@@H]2OC(C)=O. The van der Waals surface area contributed by atoms with Crippen molar-refractivity contribution in [2.45, 2.75) is 70.9 Å². The van der Waals surface area contributed by atoms with Crippen LogP contribution in [0.4, 0.5) is 0 Å². The lowest BCUT2D eigenvalue weighted by Crippen LogP contribution is -2.68. The third kappa shape index (κ3) is 5.25. The molecule has 0 amide bonds. The van der Waals surface area contributed by atoms with Crippen LogP contribution >= 0.6 is 0 Å². The van der Waals surface area contributed by atoms with Gasteiger partial charge in [0.1, 0.15) is 12.7 Å². The predicted molar refractivity (Wildman–Crippen MR) is 92.4 cm³/mol. The van der Waals surface area contributed by atoms with Crippen LogP contribution in [0.3, 0.4) is 0 Å². The molecule has 0 aliphatic carbocycles. The van der Waals surface area contributed by atoms with E-state index in [4.69, 9.17) is 33.2 Å². The van der Waals surface area contributed by atoms with Crippen molar-refractivity contribution in [1.29, 1.82) is 0 Å². The van der Waals surface area contributed by atoms with Crippen molar-refractivity contribution in [2.75, 3.05) is 13.2 Å². The molecule has 12 nitrogen and oxygen atoms in total. The summed E-state index contributed by atoms with van der Waals surface area (Å²) < 4.78 is 37.7. The summed E-state index contributed by atoms with van der Waals surface area (Å²) in [5, 5.41) is 0. The van der Waals surface area contributed by atoms with E-state index < -0.39 is 72.8 Å². The number of esters is 5. The van der Waals surface area contributed by atoms with Crippen molar-refractivity contribution in [2.24, 2.45) is 0 Å². The van der Waals surface area contributed by atoms with Gasteiger partial charge in [-0.15, -0.1) is 0 Å². The lowest BCUT2D eigenvalue weighted by atomic mass is 9.90. The minimum absolute atomic E-state index is 0.175. The van der Waals surface area contributed by atoms with Crippen LogP contribution in [0.1, 0.15) is 34.6 Å². The third-order valence-corrected chi connectivity index (χ3v) is 4.29. The molecular weight excluding hydrogens is 408 g/mol. The number of rotatable bonds is 7. The number of carbonyl (C=O) groups excluding carboxylic acids is 5. The van der Waals surface area contributed by atoms with Crippen molar-refractivity contribution < 1.29 is 57.1 Å². The largest absolute Gasteiger partial charge is 0.462 e. The summed E-state index contributed by atoms with van der Waals surface area (Å²) in [5.74, 6) is -5.66. The Labute approximate surface area is 172 Å². The molecule has 0 aromatic heterocycles. The lowest BCUT2D eigenvalue weighted by molar-refractivity contribution is -0.334. The lowest BCUT2D eigenvalue weighted by Gasteiger charge is -2.47. The number of ether oxygens (including phenoxy) is 7. The third-order valence-electron chi connectivity index (χ3n) is 4.29. The first-order valence-corrected chi connectivity index (χ1v) is 9.10. The highest BCUT2D eigenvalue weighted by atomic mass is 16.8. The quantitative estimate of drug-likeness (QED) is 0.373. The average Bonchev–Trinajstić information content (AvgIpc) is 3.00. The number of hydrogen-bond acceptors (Lipinski definition) is 12. The molecule has 12 heteroatoms. The first-order chi connectivity index (χ1) is 14.0. The zero-order valence-corrected chi connectivity index (χ0v) is 17.2. The van der Waals surface area contributed by atoms with Gasteiger partial charge in [0.15, 0.2) is 24.4 Å². The minimum atomic E-state index is -1.98. The summed E-state index contributed by atoms with van der Waals surface area (Å²) in [7, 11) is 0. The summed E-state index contributed by atoms with van der Waals surface area (Å²) in [5.41, 5.74) is 0. The van der Waals surface area contributed by atoms with Gasteiger partial charge in [0, 0.05) is 34.6 Å². The van der Waals surface area contributed by atoms with Crippen molar-refractivity contribution in [1.82, 2.24) is 0 Å². The Hall–Kier alpha value is -2.73. The van der Waals surface area contributed by atoms with E-state index in [0.717, 1.165) is 34.6 Å². The van der Waals surface area contributed by atoms with E-state index in [9.17, 15) is 24.0 Å². The van der Waals surface area contributed by atoms with Crippen LogP contribution in [-0.4, -0.2) is 79.4 Å². The fourth-order valence-electron chi connectivity index (χ4n) is 3.40. The molecule has 0 saturated carbocycles. The number of hydrogen-bond donors (Lipinski definition) is 0. The highest BCUT2D eigenvalue weighted by Crippen LogP contribution is 2.44. The van der Waals surface area contributed by atoms with E-state index in [1.165, 1.54) is 0 Å². The van der Waals surface area contributed by atoms with E-state index >= 15 is 0 Å². The molecule has 0 radical (unpaired) electrons. The molecule has 30 heavy (non-hydrogen) atoms. The molecule has 0 aromatic rings. The van der Waals surface area contributed by atoms with Crippen LogP contribution in [-0.2, 0) is 57.1 Å². The van der Waals surface area contributed by atoms with Gasteiger partial charge >= 0.3 is 29.8 Å². The van der Waals surface area contributed by atoms with Gasteiger partial charge in [-0.1, -0.05) is 0 Å². The Kier molecular flexibility index (Phi) is 7.37. The molecule has 0 aromatic carbocycles. The molecule has 2 fully saturated rings. The molecule has 2 heterocycles. The molecule has 0 N–H and O–H groups in total. The van der Waals surface area contributed by atoms with E-state index in [1.807, 2.05) is 0 Å². The molecule has 0 spiro atoms. The summed E-state index contributed by atoms with van der Waals surface area (Å²) in [6.07, 6.45) is -6.35. The molecular formula is C18H24O12. The van der Waals surface area contributed by atoms with Gasteiger partial charge in [-0.25, -0.2) is 0 Å². The van der Waals surface area contributed by atoms with E-state index in [2.05, 4.69) is 0 Å². The zero-order valence-electron chi connectivity index (χ0n) is 17.2. The van der Waals surface area contributed by atoms with Crippen molar-refractivity contribution >= 4 is 29.8 Å². The molecule has 2 bridgehead atoms. The Balaban J connectivity index is 2.52. The highest BCUT2D eigenvalue weighted by Gasteiger charge is 2.69. The maximum absolute atomic E-state index is 11.8. The van der Waals surface area contributed by atoms with Crippen molar-refractivity contribution in [3.05, 3.63) is 0 Å². The Morgan fingerprint density at radius 3 is 1.90 bits per heavy atom. The molecule has 6 atom stereocenters. The molecule has 0 unspecified atom stereocenters. The van der Waals surface area contributed by atoms with E-state index in [-0.39, 0.29) is 6.61 Å². The molecule has 2 aliphatic rings. The fourth-order valence-corrected chi connectivity index (χ4v) is 3.40. The zero-order chi connectivity index (χ0) is 22.6. The van der Waals surface area contributed by atoms with Crippen LogP contribution < -0.4 is 0 Å². The minimum Gasteiger partial charge on any atom is -0.462 e. The summed E-state index contributed by atoms with van der Waals surface area (Å²) in [6.45, 7) is 4.93.